The van der Waals surface area contributed by atoms with E-state index in [9.17, 15) is 9.59 Å². The van der Waals surface area contributed by atoms with Gasteiger partial charge in [-0.15, -0.1) is 0 Å². The topological polar surface area (TPSA) is 52.7 Å². The molecule has 0 radical (unpaired) electrons. The molecule has 1 aliphatic rings. The minimum atomic E-state index is 0.0708. The summed E-state index contributed by atoms with van der Waals surface area (Å²) in [6.45, 7) is 2.90. The SMILES string of the molecule is CNc1ccc(C(=O)N2CCN(c3ccccc3/C=C/C=O)CC2)cc1. The Morgan fingerprint density at radius 1 is 1.00 bits per heavy atom. The summed E-state index contributed by atoms with van der Waals surface area (Å²) in [7, 11) is 1.86. The molecule has 0 aromatic heterocycles. The van der Waals surface area contributed by atoms with Crippen molar-refractivity contribution in [1.82, 2.24) is 4.90 Å². The first-order valence-corrected chi connectivity index (χ1v) is 8.76. The van der Waals surface area contributed by atoms with Crippen molar-refractivity contribution in [3.05, 3.63) is 65.7 Å². The molecule has 1 fully saturated rings. The summed E-state index contributed by atoms with van der Waals surface area (Å²) in [5.74, 6) is 0.0708. The third-order valence-electron chi connectivity index (χ3n) is 4.62. The summed E-state index contributed by atoms with van der Waals surface area (Å²) in [6.07, 6.45) is 4.11. The van der Waals surface area contributed by atoms with Gasteiger partial charge in [-0.1, -0.05) is 18.2 Å². The van der Waals surface area contributed by atoms with E-state index < -0.39 is 0 Å². The Morgan fingerprint density at radius 3 is 2.35 bits per heavy atom. The van der Waals surface area contributed by atoms with Crippen molar-refractivity contribution in [3.8, 4) is 0 Å². The van der Waals surface area contributed by atoms with Gasteiger partial charge in [-0.25, -0.2) is 0 Å². The Hall–Kier alpha value is -3.08. The molecule has 2 aromatic carbocycles. The molecule has 1 N–H and O–H groups in total. The van der Waals surface area contributed by atoms with Gasteiger partial charge in [0.05, 0.1) is 0 Å². The highest BCUT2D eigenvalue weighted by atomic mass is 16.2. The van der Waals surface area contributed by atoms with Crippen LogP contribution >= 0.6 is 0 Å². The summed E-state index contributed by atoms with van der Waals surface area (Å²) in [5.41, 5.74) is 3.82. The number of benzene rings is 2. The van der Waals surface area contributed by atoms with Crippen LogP contribution in [-0.2, 0) is 4.79 Å². The van der Waals surface area contributed by atoms with E-state index in [-0.39, 0.29) is 5.91 Å². The van der Waals surface area contributed by atoms with Crippen molar-refractivity contribution in [2.75, 3.05) is 43.4 Å². The van der Waals surface area contributed by atoms with Gasteiger partial charge in [-0.05, 0) is 48.0 Å². The fourth-order valence-electron chi connectivity index (χ4n) is 3.17. The maximum atomic E-state index is 12.7. The lowest BCUT2D eigenvalue weighted by Crippen LogP contribution is -2.49. The van der Waals surface area contributed by atoms with Crippen LogP contribution in [0.2, 0.25) is 0 Å². The molecule has 134 valence electrons. The zero-order valence-electron chi connectivity index (χ0n) is 14.9. The fraction of sp³-hybridized carbons (Fsp3) is 0.238. The Bertz CT molecular complexity index is 791. The first kappa shape index (κ1) is 17.7. The minimum Gasteiger partial charge on any atom is -0.388 e. The first-order valence-electron chi connectivity index (χ1n) is 8.76. The highest BCUT2D eigenvalue weighted by Gasteiger charge is 2.23. The Balaban J connectivity index is 1.66. The number of nitrogens with one attached hydrogen (secondary N) is 1. The van der Waals surface area contributed by atoms with E-state index >= 15 is 0 Å². The van der Waals surface area contributed by atoms with Crippen molar-refractivity contribution in [3.63, 3.8) is 0 Å². The Labute approximate surface area is 153 Å². The van der Waals surface area contributed by atoms with Gasteiger partial charge in [0.1, 0.15) is 6.29 Å². The lowest BCUT2D eigenvalue weighted by molar-refractivity contribution is -0.104. The number of allylic oxidation sites excluding steroid dienone is 1. The van der Waals surface area contributed by atoms with Gasteiger partial charge >= 0.3 is 0 Å². The normalized spacial score (nSPS) is 14.5. The molecule has 1 saturated heterocycles. The average molecular weight is 349 g/mol. The van der Waals surface area contributed by atoms with Crippen LogP contribution in [0.4, 0.5) is 11.4 Å². The number of piperazine rings is 1. The van der Waals surface area contributed by atoms with E-state index in [0.717, 1.165) is 36.3 Å². The van der Waals surface area contributed by atoms with Crippen LogP contribution in [-0.4, -0.2) is 50.3 Å². The number of nitrogens with zero attached hydrogens (tertiary/aromatic N) is 2. The molecule has 0 spiro atoms. The predicted molar refractivity (Wildman–Crippen MR) is 106 cm³/mol. The molecule has 5 nitrogen and oxygen atoms in total. The number of rotatable bonds is 5. The summed E-state index contributed by atoms with van der Waals surface area (Å²) in [5, 5.41) is 3.06. The highest BCUT2D eigenvalue weighted by Crippen LogP contribution is 2.23. The molecular formula is C21H23N3O2. The number of para-hydroxylation sites is 1. The van der Waals surface area contributed by atoms with Crippen molar-refractivity contribution in [2.24, 2.45) is 0 Å². The predicted octanol–water partition coefficient (Wildman–Crippen LogP) is 2.90. The Morgan fingerprint density at radius 2 is 1.69 bits per heavy atom. The van der Waals surface area contributed by atoms with Crippen LogP contribution < -0.4 is 10.2 Å². The molecule has 0 aliphatic carbocycles. The summed E-state index contributed by atoms with van der Waals surface area (Å²) >= 11 is 0. The maximum absolute atomic E-state index is 12.7. The molecule has 2 aromatic rings. The van der Waals surface area contributed by atoms with Gasteiger partial charge in [0.25, 0.3) is 5.91 Å². The third-order valence-corrected chi connectivity index (χ3v) is 4.62. The molecule has 0 atom stereocenters. The van der Waals surface area contributed by atoms with Gasteiger partial charge in [-0.3, -0.25) is 9.59 Å². The lowest BCUT2D eigenvalue weighted by atomic mass is 10.1. The van der Waals surface area contributed by atoms with Gasteiger partial charge in [0.2, 0.25) is 0 Å². The van der Waals surface area contributed by atoms with Crippen LogP contribution in [0.3, 0.4) is 0 Å². The van der Waals surface area contributed by atoms with E-state index in [1.54, 1.807) is 0 Å². The number of aldehydes is 1. The first-order chi connectivity index (χ1) is 12.7. The number of carbonyl (C=O) groups is 2. The van der Waals surface area contributed by atoms with Crippen LogP contribution in [0.5, 0.6) is 0 Å². The van der Waals surface area contributed by atoms with E-state index in [2.05, 4.69) is 16.3 Å². The van der Waals surface area contributed by atoms with E-state index in [0.29, 0.717) is 18.7 Å². The monoisotopic (exact) mass is 349 g/mol. The van der Waals surface area contributed by atoms with Crippen molar-refractivity contribution in [1.29, 1.82) is 0 Å². The highest BCUT2D eigenvalue weighted by molar-refractivity contribution is 5.94. The molecule has 5 heteroatoms. The fourth-order valence-corrected chi connectivity index (χ4v) is 3.17. The van der Waals surface area contributed by atoms with E-state index in [1.807, 2.05) is 60.5 Å². The van der Waals surface area contributed by atoms with E-state index in [1.165, 1.54) is 6.08 Å². The summed E-state index contributed by atoms with van der Waals surface area (Å²) in [6, 6.07) is 15.6. The zero-order valence-corrected chi connectivity index (χ0v) is 14.9. The largest absolute Gasteiger partial charge is 0.388 e. The number of hydrogen-bond acceptors (Lipinski definition) is 4. The molecule has 1 heterocycles. The molecule has 3 rings (SSSR count). The third kappa shape index (κ3) is 3.94. The quantitative estimate of drug-likeness (QED) is 0.666. The number of hydrogen-bond donors (Lipinski definition) is 1. The smallest absolute Gasteiger partial charge is 0.253 e. The zero-order chi connectivity index (χ0) is 18.4. The molecule has 26 heavy (non-hydrogen) atoms. The second-order valence-corrected chi connectivity index (χ2v) is 6.16. The van der Waals surface area contributed by atoms with Crippen LogP contribution in [0.1, 0.15) is 15.9 Å². The van der Waals surface area contributed by atoms with Crippen molar-refractivity contribution >= 4 is 29.6 Å². The molecule has 0 unspecified atom stereocenters. The standard InChI is InChI=1S/C21H23N3O2/c1-22-19-10-8-18(9-11-19)21(26)24-14-12-23(13-15-24)20-7-3-2-5-17(20)6-4-16-25/h2-11,16,22H,12-15H2,1H3/b6-4+. The maximum Gasteiger partial charge on any atom is 0.253 e. The number of carbonyl (C=O) groups excluding carboxylic acids is 2. The van der Waals surface area contributed by atoms with Gasteiger partial charge in [0, 0.05) is 50.2 Å². The lowest BCUT2D eigenvalue weighted by Gasteiger charge is -2.36. The Kier molecular flexibility index (Phi) is 5.69. The van der Waals surface area contributed by atoms with Crippen molar-refractivity contribution in [2.45, 2.75) is 0 Å². The second-order valence-electron chi connectivity index (χ2n) is 6.16. The van der Waals surface area contributed by atoms with E-state index in [4.69, 9.17) is 0 Å². The van der Waals surface area contributed by atoms with Gasteiger partial charge in [-0.2, -0.15) is 0 Å². The summed E-state index contributed by atoms with van der Waals surface area (Å²) in [4.78, 5) is 27.5. The second kappa shape index (κ2) is 8.34. The van der Waals surface area contributed by atoms with Crippen LogP contribution in [0.15, 0.2) is 54.6 Å². The molecule has 1 amide bonds. The molecule has 0 saturated carbocycles. The molecule has 0 bridgehead atoms. The van der Waals surface area contributed by atoms with Crippen molar-refractivity contribution < 1.29 is 9.59 Å². The van der Waals surface area contributed by atoms with Crippen LogP contribution in [0.25, 0.3) is 6.08 Å². The summed E-state index contributed by atoms with van der Waals surface area (Å²) < 4.78 is 0. The average Bonchev–Trinajstić information content (AvgIpc) is 2.72. The minimum absolute atomic E-state index is 0.0708. The van der Waals surface area contributed by atoms with Crippen LogP contribution in [0, 0.1) is 0 Å². The molecule has 1 aliphatic heterocycles. The number of anilines is 2. The number of amides is 1. The van der Waals surface area contributed by atoms with Gasteiger partial charge in [0.15, 0.2) is 0 Å². The molecular weight excluding hydrogens is 326 g/mol. The van der Waals surface area contributed by atoms with Gasteiger partial charge < -0.3 is 15.1 Å².